The fraction of sp³-hybridized carbons (Fsp3) is 0.867. The summed E-state index contributed by atoms with van der Waals surface area (Å²) in [5.74, 6) is 0.189. The van der Waals surface area contributed by atoms with Crippen LogP contribution in [0.3, 0.4) is 0 Å². The summed E-state index contributed by atoms with van der Waals surface area (Å²) in [7, 11) is 0. The molecule has 1 aliphatic heterocycles. The fourth-order valence-corrected chi connectivity index (χ4v) is 3.35. The number of carbonyl (C=O) groups is 2. The number of quaternary nitrogens is 1. The normalized spacial score (nSPS) is 26.9. The maximum atomic E-state index is 12.7. The van der Waals surface area contributed by atoms with Crippen LogP contribution in [0.5, 0.6) is 0 Å². The van der Waals surface area contributed by atoms with Gasteiger partial charge in [0.25, 0.3) is 0 Å². The summed E-state index contributed by atoms with van der Waals surface area (Å²) in [4.78, 5) is 25.5. The molecule has 0 aromatic carbocycles. The van der Waals surface area contributed by atoms with E-state index in [9.17, 15) is 14.7 Å². The minimum atomic E-state index is -0.886. The van der Waals surface area contributed by atoms with Crippen LogP contribution >= 0.6 is 0 Å². The van der Waals surface area contributed by atoms with E-state index in [2.05, 4.69) is 20.8 Å². The summed E-state index contributed by atoms with van der Waals surface area (Å²) in [6, 6.07) is -0.0561. The van der Waals surface area contributed by atoms with Gasteiger partial charge in [-0.05, 0) is 41.5 Å². The molecule has 1 fully saturated rings. The molecule has 20 heavy (non-hydrogen) atoms. The fourth-order valence-electron chi connectivity index (χ4n) is 3.35. The molecule has 1 unspecified atom stereocenters. The smallest absolute Gasteiger partial charge is 0.407 e. The average molecular weight is 285 g/mol. The predicted octanol–water partition coefficient (Wildman–Crippen LogP) is 2.56. The third kappa shape index (κ3) is 2.82. The van der Waals surface area contributed by atoms with E-state index in [0.29, 0.717) is 17.6 Å². The van der Waals surface area contributed by atoms with Crippen LogP contribution in [0.15, 0.2) is 0 Å². The van der Waals surface area contributed by atoms with Gasteiger partial charge >= 0.3 is 12.0 Å². The molecule has 0 bridgehead atoms. The number of amides is 2. The third-order valence-electron chi connectivity index (χ3n) is 4.59. The molecule has 2 amide bonds. The van der Waals surface area contributed by atoms with Crippen LogP contribution in [0.2, 0.25) is 0 Å². The maximum Gasteiger partial charge on any atom is 0.407 e. The Kier molecular flexibility index (Phi) is 4.85. The Morgan fingerprint density at radius 1 is 1.35 bits per heavy atom. The molecule has 0 aromatic rings. The van der Waals surface area contributed by atoms with E-state index in [1.807, 2.05) is 20.8 Å². The van der Waals surface area contributed by atoms with Gasteiger partial charge in [-0.1, -0.05) is 0 Å². The van der Waals surface area contributed by atoms with Crippen LogP contribution in [0, 0.1) is 5.92 Å². The molecule has 0 saturated carbocycles. The quantitative estimate of drug-likeness (QED) is 0.811. The van der Waals surface area contributed by atoms with E-state index in [0.717, 1.165) is 13.0 Å². The van der Waals surface area contributed by atoms with Crippen molar-refractivity contribution < 1.29 is 19.2 Å². The highest BCUT2D eigenvalue weighted by atomic mass is 16.4. The van der Waals surface area contributed by atoms with Gasteiger partial charge in [0, 0.05) is 13.0 Å². The van der Waals surface area contributed by atoms with Crippen molar-refractivity contribution in [2.45, 2.75) is 59.5 Å². The number of nitrogens with zero attached hydrogens (tertiary/aromatic N) is 2. The van der Waals surface area contributed by atoms with Crippen LogP contribution in [-0.2, 0) is 4.79 Å². The third-order valence-corrected chi connectivity index (χ3v) is 4.59. The van der Waals surface area contributed by atoms with E-state index < -0.39 is 6.09 Å². The van der Waals surface area contributed by atoms with Crippen molar-refractivity contribution in [2.75, 3.05) is 19.6 Å². The molecule has 0 aliphatic carbocycles. The molecule has 5 nitrogen and oxygen atoms in total. The van der Waals surface area contributed by atoms with Crippen LogP contribution < -0.4 is 0 Å². The Balaban J connectivity index is 3.08. The molecule has 0 spiro atoms. The Hall–Kier alpha value is -1.10. The molecule has 1 aliphatic rings. The number of rotatable bonds is 3. The van der Waals surface area contributed by atoms with Crippen molar-refractivity contribution in [3.05, 3.63) is 0 Å². The second kappa shape index (κ2) is 5.72. The lowest BCUT2D eigenvalue weighted by Gasteiger charge is -2.44. The molecule has 1 heterocycles. The van der Waals surface area contributed by atoms with Gasteiger partial charge in [0.2, 0.25) is 0 Å². The molecular formula is C15H29N2O3+. The van der Waals surface area contributed by atoms with Crippen LogP contribution in [-0.4, -0.2) is 57.7 Å². The summed E-state index contributed by atoms with van der Waals surface area (Å²) in [6.45, 7) is 13.7. The van der Waals surface area contributed by atoms with Gasteiger partial charge in [-0.15, -0.1) is 0 Å². The summed E-state index contributed by atoms with van der Waals surface area (Å²) in [5, 5.41) is 9.29. The summed E-state index contributed by atoms with van der Waals surface area (Å²) in [6.07, 6.45) is -0.126. The zero-order valence-corrected chi connectivity index (χ0v) is 13.6. The number of hydrogen-bond acceptors (Lipinski definition) is 2. The maximum absolute atomic E-state index is 12.7. The molecule has 2 atom stereocenters. The highest BCUT2D eigenvalue weighted by Gasteiger charge is 2.54. The molecule has 1 saturated heterocycles. The predicted molar refractivity (Wildman–Crippen MR) is 78.4 cm³/mol. The van der Waals surface area contributed by atoms with E-state index >= 15 is 0 Å². The van der Waals surface area contributed by atoms with E-state index in [-0.39, 0.29) is 23.4 Å². The highest BCUT2D eigenvalue weighted by molar-refractivity contribution is 5.72. The van der Waals surface area contributed by atoms with Gasteiger partial charge in [-0.2, -0.15) is 0 Å². The average Bonchev–Trinajstić information content (AvgIpc) is 2.73. The minimum Gasteiger partial charge on any atom is -0.465 e. The first kappa shape index (κ1) is 17.0. The van der Waals surface area contributed by atoms with Crippen LogP contribution in [0.4, 0.5) is 4.79 Å². The zero-order valence-electron chi connectivity index (χ0n) is 13.6. The van der Waals surface area contributed by atoms with Crippen LogP contribution in [0.25, 0.3) is 0 Å². The van der Waals surface area contributed by atoms with Gasteiger partial charge in [0.1, 0.15) is 6.54 Å². The molecule has 1 N–H and O–H groups in total. The molecule has 5 heteroatoms. The molecular weight excluding hydrogens is 256 g/mol. The summed E-state index contributed by atoms with van der Waals surface area (Å²) in [5.41, 5.74) is -0.200. The second-order valence-electron chi connectivity index (χ2n) is 7.05. The Labute approximate surface area is 122 Å². The van der Waals surface area contributed by atoms with E-state index in [1.165, 1.54) is 4.90 Å². The van der Waals surface area contributed by atoms with Crippen molar-refractivity contribution in [3.8, 4) is 0 Å². The van der Waals surface area contributed by atoms with Crippen molar-refractivity contribution in [2.24, 2.45) is 5.92 Å². The van der Waals surface area contributed by atoms with Crippen LogP contribution in [0.1, 0.15) is 48.0 Å². The standard InChI is InChI=1S/C15H28N2O3/c1-7-16(14(19)20)12-8-9-17(10-12,15(4,5)6)13(18)11(2)3/h11-12H,7-10H2,1-6H3/p+1/t12-,17?/m1/s1. The SMILES string of the molecule is CCN(C(=O)O)[C@@H]1CC[N+](C(=O)C(C)C)(C(C)(C)C)C1. The van der Waals surface area contributed by atoms with E-state index in [1.54, 1.807) is 0 Å². The largest absolute Gasteiger partial charge is 0.465 e. The first-order valence-corrected chi connectivity index (χ1v) is 7.48. The number of hydrogen-bond donors (Lipinski definition) is 1. The lowest BCUT2D eigenvalue weighted by atomic mass is 9.98. The Bertz CT molecular complexity index is 387. The molecule has 0 aromatic heterocycles. The van der Waals surface area contributed by atoms with Gasteiger partial charge in [0.15, 0.2) is 0 Å². The highest BCUT2D eigenvalue weighted by Crippen LogP contribution is 2.35. The Morgan fingerprint density at radius 2 is 1.90 bits per heavy atom. The number of likely N-dealkylation sites (N-methyl/N-ethyl adjacent to an activating group) is 1. The lowest BCUT2D eigenvalue weighted by Crippen LogP contribution is -2.64. The lowest BCUT2D eigenvalue weighted by molar-refractivity contribution is -0.891. The van der Waals surface area contributed by atoms with Crippen molar-refractivity contribution in [3.63, 3.8) is 0 Å². The van der Waals surface area contributed by atoms with E-state index in [4.69, 9.17) is 0 Å². The number of likely N-dealkylation sites (tertiary alicyclic amines) is 1. The monoisotopic (exact) mass is 285 g/mol. The topological polar surface area (TPSA) is 57.6 Å². The van der Waals surface area contributed by atoms with Crippen molar-refractivity contribution >= 4 is 12.0 Å². The molecule has 116 valence electrons. The van der Waals surface area contributed by atoms with Gasteiger partial charge in [-0.3, -0.25) is 9.38 Å². The Morgan fingerprint density at radius 3 is 2.25 bits per heavy atom. The summed E-state index contributed by atoms with van der Waals surface area (Å²) >= 11 is 0. The van der Waals surface area contributed by atoms with Crippen molar-refractivity contribution in [1.29, 1.82) is 0 Å². The number of carboxylic acid groups (broad SMARTS) is 1. The van der Waals surface area contributed by atoms with Gasteiger partial charge in [-0.25, -0.2) is 9.59 Å². The minimum absolute atomic E-state index is 0.0344. The summed E-state index contributed by atoms with van der Waals surface area (Å²) < 4.78 is 0.388. The second-order valence-corrected chi connectivity index (χ2v) is 7.05. The first-order valence-electron chi connectivity index (χ1n) is 7.48. The van der Waals surface area contributed by atoms with Gasteiger partial charge < -0.3 is 5.11 Å². The first-order chi connectivity index (χ1) is 9.06. The molecule has 0 radical (unpaired) electrons. The van der Waals surface area contributed by atoms with Gasteiger partial charge in [0.05, 0.1) is 24.0 Å². The zero-order chi connectivity index (χ0) is 15.7. The number of carbonyl (C=O) groups excluding carboxylic acids is 1. The molecule has 1 rings (SSSR count). The van der Waals surface area contributed by atoms with Crippen molar-refractivity contribution in [1.82, 2.24) is 4.90 Å².